The summed E-state index contributed by atoms with van der Waals surface area (Å²) in [4.78, 5) is 47.3. The summed E-state index contributed by atoms with van der Waals surface area (Å²) in [6.07, 6.45) is 1.00. The SMILES string of the molecule is Cn1c(=O)n(CC(=O)Nc2ccc(Cl)cc2Cl)c(=O)c2c1nc(N1CCC3CNCC31)n2Cc1ccccc1Cl. The second-order valence-corrected chi connectivity index (χ2v) is 11.4. The lowest BCUT2D eigenvalue weighted by Gasteiger charge is -2.25. The van der Waals surface area contributed by atoms with E-state index in [9.17, 15) is 14.4 Å². The molecule has 13 heteroatoms. The first-order valence-electron chi connectivity index (χ1n) is 12.9. The number of fused-ring (bicyclic) bond motifs is 2. The number of benzene rings is 2. The van der Waals surface area contributed by atoms with Gasteiger partial charge in [-0.15, -0.1) is 0 Å². The van der Waals surface area contributed by atoms with E-state index in [0.717, 1.165) is 36.2 Å². The zero-order valence-electron chi connectivity index (χ0n) is 21.5. The van der Waals surface area contributed by atoms with E-state index in [1.165, 1.54) is 10.6 Å². The molecule has 2 N–H and O–H groups in total. The Morgan fingerprint density at radius 2 is 1.88 bits per heavy atom. The predicted octanol–water partition coefficient (Wildman–Crippen LogP) is 3.34. The second kappa shape index (κ2) is 10.6. The van der Waals surface area contributed by atoms with Crippen molar-refractivity contribution in [1.29, 1.82) is 0 Å². The van der Waals surface area contributed by atoms with Crippen LogP contribution in [0.5, 0.6) is 0 Å². The van der Waals surface area contributed by atoms with Crippen molar-refractivity contribution in [3.05, 3.63) is 83.9 Å². The monoisotopic (exact) mass is 601 g/mol. The van der Waals surface area contributed by atoms with Crippen molar-refractivity contribution < 1.29 is 4.79 Å². The molecule has 2 atom stereocenters. The van der Waals surface area contributed by atoms with Gasteiger partial charge >= 0.3 is 5.69 Å². The minimum absolute atomic E-state index is 0.226. The Morgan fingerprint density at radius 1 is 1.07 bits per heavy atom. The number of rotatable bonds is 6. The Morgan fingerprint density at radius 3 is 2.65 bits per heavy atom. The molecule has 2 aliphatic heterocycles. The average Bonchev–Trinajstić information content (AvgIpc) is 3.63. The molecular weight excluding hydrogens is 577 g/mol. The van der Waals surface area contributed by atoms with E-state index in [1.807, 2.05) is 22.8 Å². The molecule has 40 heavy (non-hydrogen) atoms. The summed E-state index contributed by atoms with van der Waals surface area (Å²) in [5, 5.41) is 7.31. The number of carbonyl (C=O) groups is 1. The summed E-state index contributed by atoms with van der Waals surface area (Å²) in [6, 6.07) is 12.3. The number of amides is 1. The summed E-state index contributed by atoms with van der Waals surface area (Å²) in [5.74, 6) is 0.505. The summed E-state index contributed by atoms with van der Waals surface area (Å²) >= 11 is 18.7. The molecule has 0 spiro atoms. The molecule has 208 valence electrons. The van der Waals surface area contributed by atoms with Crippen LogP contribution in [0.2, 0.25) is 15.1 Å². The fraction of sp³-hybridized carbons (Fsp3) is 0.333. The van der Waals surface area contributed by atoms with E-state index < -0.39 is 23.7 Å². The highest BCUT2D eigenvalue weighted by Gasteiger charge is 2.40. The molecule has 0 bridgehead atoms. The van der Waals surface area contributed by atoms with E-state index in [0.29, 0.717) is 27.6 Å². The molecule has 10 nitrogen and oxygen atoms in total. The van der Waals surface area contributed by atoms with Gasteiger partial charge < -0.3 is 15.5 Å². The minimum Gasteiger partial charge on any atom is -0.338 e. The van der Waals surface area contributed by atoms with Crippen LogP contribution in [-0.4, -0.2) is 50.3 Å². The second-order valence-electron chi connectivity index (χ2n) is 10.1. The molecule has 4 heterocycles. The van der Waals surface area contributed by atoms with E-state index >= 15 is 0 Å². The van der Waals surface area contributed by atoms with Gasteiger partial charge in [-0.1, -0.05) is 53.0 Å². The van der Waals surface area contributed by atoms with E-state index in [-0.39, 0.29) is 28.8 Å². The molecular formula is C27H26Cl3N7O3. The average molecular weight is 603 g/mol. The maximum Gasteiger partial charge on any atom is 0.332 e. The van der Waals surface area contributed by atoms with Crippen LogP contribution in [0.25, 0.3) is 11.2 Å². The number of nitrogens with one attached hydrogen (secondary N) is 2. The number of aromatic nitrogens is 4. The van der Waals surface area contributed by atoms with Gasteiger partial charge in [0, 0.05) is 42.8 Å². The molecule has 0 radical (unpaired) electrons. The highest BCUT2D eigenvalue weighted by Crippen LogP contribution is 2.33. The first-order valence-corrected chi connectivity index (χ1v) is 14.0. The molecule has 6 rings (SSSR count). The van der Waals surface area contributed by atoms with Gasteiger partial charge in [-0.05, 0) is 42.2 Å². The zero-order chi connectivity index (χ0) is 28.1. The van der Waals surface area contributed by atoms with Gasteiger partial charge in [0.1, 0.15) is 6.54 Å². The smallest absolute Gasteiger partial charge is 0.332 e. The van der Waals surface area contributed by atoms with E-state index in [4.69, 9.17) is 39.8 Å². The molecule has 2 saturated heterocycles. The van der Waals surface area contributed by atoms with Crippen LogP contribution in [0.1, 0.15) is 12.0 Å². The molecule has 1 amide bonds. The van der Waals surface area contributed by atoms with Crippen LogP contribution in [0.3, 0.4) is 0 Å². The third kappa shape index (κ3) is 4.68. The number of nitrogens with zero attached hydrogens (tertiary/aromatic N) is 5. The van der Waals surface area contributed by atoms with Crippen LogP contribution in [0.15, 0.2) is 52.1 Å². The molecule has 2 aliphatic rings. The summed E-state index contributed by atoms with van der Waals surface area (Å²) < 4.78 is 4.05. The van der Waals surface area contributed by atoms with Gasteiger partial charge in [0.05, 0.1) is 17.3 Å². The van der Waals surface area contributed by atoms with Crippen LogP contribution in [0.4, 0.5) is 11.6 Å². The first-order chi connectivity index (χ1) is 19.2. The molecule has 0 aliphatic carbocycles. The Balaban J connectivity index is 1.46. The fourth-order valence-corrected chi connectivity index (χ4v) is 6.34. The topological polar surface area (TPSA) is 106 Å². The van der Waals surface area contributed by atoms with Gasteiger partial charge in [-0.25, -0.2) is 9.36 Å². The lowest BCUT2D eigenvalue weighted by atomic mass is 10.1. The van der Waals surface area contributed by atoms with Crippen LogP contribution in [-0.2, 0) is 24.9 Å². The lowest BCUT2D eigenvalue weighted by molar-refractivity contribution is -0.116. The molecule has 2 aromatic heterocycles. The van der Waals surface area contributed by atoms with E-state index in [1.54, 1.807) is 25.2 Å². The van der Waals surface area contributed by atoms with Crippen LogP contribution in [0, 0.1) is 5.92 Å². The number of carbonyl (C=O) groups excluding carboxylic acids is 1. The predicted molar refractivity (Wildman–Crippen MR) is 157 cm³/mol. The van der Waals surface area contributed by atoms with Gasteiger partial charge in [0.25, 0.3) is 5.56 Å². The van der Waals surface area contributed by atoms with Gasteiger partial charge in [-0.2, -0.15) is 4.98 Å². The van der Waals surface area contributed by atoms with Crippen LogP contribution >= 0.6 is 34.8 Å². The highest BCUT2D eigenvalue weighted by atomic mass is 35.5. The summed E-state index contributed by atoms with van der Waals surface area (Å²) in [7, 11) is 1.55. The number of anilines is 2. The van der Waals surface area contributed by atoms with Crippen molar-refractivity contribution in [2.75, 3.05) is 29.9 Å². The fourth-order valence-electron chi connectivity index (χ4n) is 5.69. The lowest BCUT2D eigenvalue weighted by Crippen LogP contribution is -2.42. The zero-order valence-corrected chi connectivity index (χ0v) is 23.8. The molecule has 0 saturated carbocycles. The third-order valence-electron chi connectivity index (χ3n) is 7.71. The maximum atomic E-state index is 14.0. The normalized spacial score (nSPS) is 18.4. The number of imidazole rings is 1. The van der Waals surface area contributed by atoms with Crippen LogP contribution < -0.4 is 26.8 Å². The van der Waals surface area contributed by atoms with E-state index in [2.05, 4.69) is 15.5 Å². The summed E-state index contributed by atoms with van der Waals surface area (Å²) in [6.45, 7) is 2.30. The standard InChI is InChI=1S/C27H26Cl3N7O3/c1-34-24-23(25(39)37(27(34)40)14-22(38)32-20-7-6-17(28)10-19(20)30)36(13-16-4-2-3-5-18(16)29)26(33-24)35-9-8-15-11-31-12-21(15)35/h2-7,10,15,21,31H,8-9,11-14H2,1H3,(H,32,38). The molecule has 2 unspecified atom stereocenters. The van der Waals surface area contributed by atoms with Gasteiger partial charge in [0.15, 0.2) is 11.2 Å². The Bertz CT molecular complexity index is 1760. The maximum absolute atomic E-state index is 14.0. The third-order valence-corrected chi connectivity index (χ3v) is 8.62. The molecule has 4 aromatic rings. The molecule has 2 aromatic carbocycles. The first kappa shape index (κ1) is 26.9. The van der Waals surface area contributed by atoms with Crippen molar-refractivity contribution in [2.45, 2.75) is 25.6 Å². The number of hydrogen-bond donors (Lipinski definition) is 2. The van der Waals surface area contributed by atoms with Crippen molar-refractivity contribution in [3.63, 3.8) is 0 Å². The number of hydrogen-bond acceptors (Lipinski definition) is 6. The largest absolute Gasteiger partial charge is 0.338 e. The molecule has 2 fully saturated rings. The number of halogens is 3. The Labute approximate surface area is 244 Å². The Hall–Kier alpha value is -3.31. The highest BCUT2D eigenvalue weighted by molar-refractivity contribution is 6.36. The van der Waals surface area contributed by atoms with Gasteiger partial charge in [0.2, 0.25) is 11.9 Å². The van der Waals surface area contributed by atoms with Crippen molar-refractivity contribution >= 4 is 63.5 Å². The quantitative estimate of drug-likeness (QED) is 0.351. The van der Waals surface area contributed by atoms with Crippen molar-refractivity contribution in [1.82, 2.24) is 24.0 Å². The minimum atomic E-state index is -0.648. The Kier molecular flexibility index (Phi) is 7.12. The number of aryl methyl sites for hydroxylation is 1. The van der Waals surface area contributed by atoms with Crippen molar-refractivity contribution in [3.8, 4) is 0 Å². The van der Waals surface area contributed by atoms with Gasteiger partial charge in [-0.3, -0.25) is 18.7 Å². The summed E-state index contributed by atoms with van der Waals surface area (Å²) in [5.41, 5.74) is 0.349. The van der Waals surface area contributed by atoms with Crippen molar-refractivity contribution in [2.24, 2.45) is 13.0 Å².